The van der Waals surface area contributed by atoms with Crippen molar-refractivity contribution in [3.63, 3.8) is 0 Å². The van der Waals surface area contributed by atoms with Gasteiger partial charge in [-0.1, -0.05) is 45.2 Å². The van der Waals surface area contributed by atoms with Crippen LogP contribution in [0.4, 0.5) is 0 Å². The lowest BCUT2D eigenvalue weighted by atomic mass is 9.85. The van der Waals surface area contributed by atoms with Gasteiger partial charge in [-0.05, 0) is 74.0 Å². The molecule has 172 valence electrons. The molecule has 4 rings (SSSR count). The van der Waals surface area contributed by atoms with Crippen molar-refractivity contribution < 1.29 is 9.90 Å². The molecule has 1 N–H and O–H groups in total. The summed E-state index contributed by atoms with van der Waals surface area (Å²) in [6.45, 7) is 7.21. The Morgan fingerprint density at radius 3 is 2.45 bits per heavy atom. The van der Waals surface area contributed by atoms with E-state index in [1.807, 2.05) is 12.1 Å². The van der Waals surface area contributed by atoms with Gasteiger partial charge in [0.05, 0.1) is 0 Å². The van der Waals surface area contributed by atoms with E-state index in [2.05, 4.69) is 29.7 Å². The SMILES string of the molecule is CC(C)CC(=O)N(CCN1C2CCC1CC(c1cccc(O)c1)C2)CC1CCCCC1. The second-order valence-electron chi connectivity index (χ2n) is 10.8. The Bertz CT molecular complexity index is 714. The van der Waals surface area contributed by atoms with E-state index in [0.717, 1.165) is 19.6 Å². The lowest BCUT2D eigenvalue weighted by Crippen LogP contribution is -2.47. The number of phenols is 1. The third kappa shape index (κ3) is 5.83. The van der Waals surface area contributed by atoms with Crippen LogP contribution in [0, 0.1) is 11.8 Å². The fourth-order valence-corrected chi connectivity index (χ4v) is 6.40. The smallest absolute Gasteiger partial charge is 0.222 e. The summed E-state index contributed by atoms with van der Waals surface area (Å²) < 4.78 is 0. The van der Waals surface area contributed by atoms with Crippen LogP contribution in [0.25, 0.3) is 0 Å². The number of phenolic OH excluding ortho intramolecular Hbond substituents is 1. The minimum atomic E-state index is 0.363. The molecule has 4 nitrogen and oxygen atoms in total. The molecule has 2 unspecified atom stereocenters. The fraction of sp³-hybridized carbons (Fsp3) is 0.741. The van der Waals surface area contributed by atoms with Gasteiger partial charge in [0, 0.05) is 38.1 Å². The lowest BCUT2D eigenvalue weighted by Gasteiger charge is -2.40. The number of carbonyl (C=O) groups excluding carboxylic acids is 1. The number of hydrogen-bond donors (Lipinski definition) is 1. The Hall–Kier alpha value is -1.55. The van der Waals surface area contributed by atoms with Crippen molar-refractivity contribution in [3.8, 4) is 5.75 Å². The molecule has 1 aliphatic carbocycles. The van der Waals surface area contributed by atoms with Crippen LogP contribution in [-0.4, -0.2) is 52.5 Å². The highest BCUT2D eigenvalue weighted by atomic mass is 16.3. The summed E-state index contributed by atoms with van der Waals surface area (Å²) >= 11 is 0. The van der Waals surface area contributed by atoms with Gasteiger partial charge in [0.2, 0.25) is 5.91 Å². The van der Waals surface area contributed by atoms with Gasteiger partial charge in [0.25, 0.3) is 0 Å². The number of amides is 1. The molecule has 31 heavy (non-hydrogen) atoms. The number of rotatable bonds is 8. The Labute approximate surface area is 189 Å². The summed E-state index contributed by atoms with van der Waals surface area (Å²) in [5, 5.41) is 9.89. The molecule has 1 amide bonds. The molecule has 2 saturated heterocycles. The maximum Gasteiger partial charge on any atom is 0.222 e. The number of fused-ring (bicyclic) bond motifs is 2. The zero-order chi connectivity index (χ0) is 21.8. The second-order valence-corrected chi connectivity index (χ2v) is 10.8. The maximum absolute atomic E-state index is 13.0. The molecule has 0 spiro atoms. The van der Waals surface area contributed by atoms with Crippen molar-refractivity contribution in [3.05, 3.63) is 29.8 Å². The first kappa shape index (κ1) is 22.6. The number of nitrogens with zero attached hydrogens (tertiary/aromatic N) is 2. The summed E-state index contributed by atoms with van der Waals surface area (Å²) in [5.41, 5.74) is 1.29. The number of carbonyl (C=O) groups is 1. The molecule has 4 heteroatoms. The molecule has 1 saturated carbocycles. The predicted molar refractivity (Wildman–Crippen MR) is 126 cm³/mol. The average molecular weight is 427 g/mol. The van der Waals surface area contributed by atoms with E-state index in [4.69, 9.17) is 0 Å². The number of hydrogen-bond acceptors (Lipinski definition) is 3. The Balaban J connectivity index is 1.36. The Morgan fingerprint density at radius 2 is 1.81 bits per heavy atom. The maximum atomic E-state index is 13.0. The molecule has 2 aliphatic heterocycles. The van der Waals surface area contributed by atoms with Crippen LogP contribution in [0.2, 0.25) is 0 Å². The molecular weight excluding hydrogens is 384 g/mol. The van der Waals surface area contributed by atoms with E-state index in [9.17, 15) is 9.90 Å². The summed E-state index contributed by atoms with van der Waals surface area (Å²) in [4.78, 5) is 18.0. The van der Waals surface area contributed by atoms with Crippen molar-refractivity contribution >= 4 is 5.91 Å². The van der Waals surface area contributed by atoms with E-state index in [0.29, 0.717) is 47.9 Å². The highest BCUT2D eigenvalue weighted by molar-refractivity contribution is 5.76. The minimum Gasteiger partial charge on any atom is -0.508 e. The topological polar surface area (TPSA) is 43.8 Å². The third-order valence-corrected chi connectivity index (χ3v) is 7.99. The van der Waals surface area contributed by atoms with Crippen molar-refractivity contribution in [1.82, 2.24) is 9.80 Å². The van der Waals surface area contributed by atoms with Gasteiger partial charge in [-0.3, -0.25) is 9.69 Å². The highest BCUT2D eigenvalue weighted by Gasteiger charge is 2.41. The van der Waals surface area contributed by atoms with Crippen LogP contribution in [0.5, 0.6) is 5.75 Å². The zero-order valence-electron chi connectivity index (χ0n) is 19.6. The van der Waals surface area contributed by atoms with Crippen LogP contribution < -0.4 is 0 Å². The predicted octanol–water partition coefficient (Wildman–Crippen LogP) is 5.56. The van der Waals surface area contributed by atoms with Crippen LogP contribution in [-0.2, 0) is 4.79 Å². The molecule has 2 heterocycles. The van der Waals surface area contributed by atoms with E-state index >= 15 is 0 Å². The molecule has 1 aromatic rings. The minimum absolute atomic E-state index is 0.363. The second kappa shape index (κ2) is 10.4. The van der Waals surface area contributed by atoms with Gasteiger partial charge in [-0.15, -0.1) is 0 Å². The Kier molecular flexibility index (Phi) is 7.58. The quantitative estimate of drug-likeness (QED) is 0.592. The van der Waals surface area contributed by atoms with Crippen LogP contribution in [0.1, 0.15) is 89.5 Å². The summed E-state index contributed by atoms with van der Waals surface area (Å²) in [6.07, 6.45) is 12.2. The van der Waals surface area contributed by atoms with E-state index < -0.39 is 0 Å². The van der Waals surface area contributed by atoms with E-state index in [1.165, 1.54) is 63.4 Å². The monoisotopic (exact) mass is 426 g/mol. The summed E-state index contributed by atoms with van der Waals surface area (Å²) in [7, 11) is 0. The lowest BCUT2D eigenvalue weighted by molar-refractivity contribution is -0.133. The van der Waals surface area contributed by atoms with E-state index in [1.54, 1.807) is 6.07 Å². The van der Waals surface area contributed by atoms with Crippen molar-refractivity contribution in [2.24, 2.45) is 11.8 Å². The largest absolute Gasteiger partial charge is 0.508 e. The molecule has 0 aromatic heterocycles. The van der Waals surface area contributed by atoms with Crippen molar-refractivity contribution in [2.75, 3.05) is 19.6 Å². The first-order valence-electron chi connectivity index (χ1n) is 12.8. The molecule has 2 atom stereocenters. The van der Waals surface area contributed by atoms with Gasteiger partial charge >= 0.3 is 0 Å². The normalized spacial score (nSPS) is 27.0. The standard InChI is InChI=1S/C27H42N2O2/c1-20(2)15-27(31)28(19-21-7-4-3-5-8-21)13-14-29-24-11-12-25(29)17-23(16-24)22-9-6-10-26(30)18-22/h6,9-10,18,20-21,23-25,30H,3-5,7-8,11-17,19H2,1-2H3. The van der Waals surface area contributed by atoms with Gasteiger partial charge in [-0.25, -0.2) is 0 Å². The van der Waals surface area contributed by atoms with Crippen LogP contribution in [0.15, 0.2) is 24.3 Å². The summed E-state index contributed by atoms with van der Waals surface area (Å²) in [6, 6.07) is 9.13. The molecule has 0 radical (unpaired) electrons. The Morgan fingerprint density at radius 1 is 1.10 bits per heavy atom. The van der Waals surface area contributed by atoms with Gasteiger partial charge in [0.15, 0.2) is 0 Å². The number of piperidine rings is 1. The first-order valence-corrected chi connectivity index (χ1v) is 12.8. The van der Waals surface area contributed by atoms with Crippen LogP contribution >= 0.6 is 0 Å². The first-order chi connectivity index (χ1) is 15.0. The highest BCUT2D eigenvalue weighted by Crippen LogP contribution is 2.43. The zero-order valence-corrected chi connectivity index (χ0v) is 19.6. The number of benzene rings is 1. The van der Waals surface area contributed by atoms with Gasteiger partial charge in [0.1, 0.15) is 5.75 Å². The summed E-state index contributed by atoms with van der Waals surface area (Å²) in [5.74, 6) is 2.44. The molecule has 3 aliphatic rings. The van der Waals surface area contributed by atoms with Gasteiger partial charge < -0.3 is 10.0 Å². The molecule has 3 fully saturated rings. The van der Waals surface area contributed by atoms with E-state index in [-0.39, 0.29) is 0 Å². The van der Waals surface area contributed by atoms with Crippen LogP contribution in [0.3, 0.4) is 0 Å². The molecule has 1 aromatic carbocycles. The third-order valence-electron chi connectivity index (χ3n) is 7.99. The molecule has 2 bridgehead atoms. The fourth-order valence-electron chi connectivity index (χ4n) is 6.40. The molecular formula is C27H42N2O2. The van der Waals surface area contributed by atoms with Crippen molar-refractivity contribution in [2.45, 2.75) is 96.1 Å². The average Bonchev–Trinajstić information content (AvgIpc) is 2.98. The van der Waals surface area contributed by atoms with Crippen molar-refractivity contribution in [1.29, 1.82) is 0 Å². The van der Waals surface area contributed by atoms with Gasteiger partial charge in [-0.2, -0.15) is 0 Å². The number of aromatic hydroxyl groups is 1.